The van der Waals surface area contributed by atoms with E-state index in [0.29, 0.717) is 25.2 Å². The van der Waals surface area contributed by atoms with Gasteiger partial charge in [0, 0.05) is 51.0 Å². The number of rotatable bonds is 13. The van der Waals surface area contributed by atoms with Crippen molar-refractivity contribution in [2.45, 2.75) is 153 Å². The molecule has 0 aromatic heterocycles. The minimum absolute atomic E-state index is 0.0481. The van der Waals surface area contributed by atoms with Gasteiger partial charge in [0.1, 0.15) is 31.0 Å². The number of carbonyl (C=O) groups is 1. The molecule has 10 atom stereocenters. The van der Waals surface area contributed by atoms with E-state index in [1.54, 1.807) is 7.11 Å². The summed E-state index contributed by atoms with van der Waals surface area (Å²) in [5, 5.41) is 25.5. The maximum atomic E-state index is 15.5. The molecule has 4 aliphatic rings. The van der Waals surface area contributed by atoms with Gasteiger partial charge in [0.05, 0.1) is 43.0 Å². The van der Waals surface area contributed by atoms with E-state index in [0.717, 1.165) is 11.6 Å². The van der Waals surface area contributed by atoms with E-state index < -0.39 is 75.0 Å². The van der Waals surface area contributed by atoms with E-state index in [4.69, 9.17) is 37.6 Å². The lowest BCUT2D eigenvalue weighted by Gasteiger charge is -2.61. The molecule has 0 amide bonds. The summed E-state index contributed by atoms with van der Waals surface area (Å²) in [6, 6.07) is 8.48. The highest BCUT2D eigenvalue weighted by Gasteiger charge is 2.72. The predicted molar refractivity (Wildman–Crippen MR) is 211 cm³/mol. The highest BCUT2D eigenvalue weighted by atomic mass is 28.4. The number of fused-ring (bicyclic) bond motifs is 5. The zero-order valence-electron chi connectivity index (χ0n) is 35.3. The molecule has 0 radical (unpaired) electrons. The number of aliphatic hydroxyl groups is 2. The van der Waals surface area contributed by atoms with Crippen LogP contribution in [0.1, 0.15) is 79.1 Å². The van der Waals surface area contributed by atoms with Gasteiger partial charge in [0.15, 0.2) is 20.4 Å². The molecule has 0 unspecified atom stereocenters. The van der Waals surface area contributed by atoms with E-state index in [9.17, 15) is 10.2 Å². The lowest BCUT2D eigenvalue weighted by Crippen LogP contribution is -2.72. The van der Waals surface area contributed by atoms with Crippen LogP contribution in [0, 0.1) is 22.7 Å². The van der Waals surface area contributed by atoms with Crippen molar-refractivity contribution < 1.29 is 52.6 Å². The minimum Gasteiger partial charge on any atom is -0.497 e. The average Bonchev–Trinajstić information content (AvgIpc) is 3.33. The van der Waals surface area contributed by atoms with Crippen LogP contribution in [0.25, 0.3) is 0 Å². The molecule has 2 N–H and O–H groups in total. The van der Waals surface area contributed by atoms with Gasteiger partial charge in [-0.15, -0.1) is 0 Å². The summed E-state index contributed by atoms with van der Waals surface area (Å²) in [6.45, 7) is 24.2. The highest BCUT2D eigenvalue weighted by molar-refractivity contribution is 6.76. The Labute approximate surface area is 326 Å². The van der Waals surface area contributed by atoms with Crippen LogP contribution in [0.2, 0.25) is 43.8 Å². The number of hydrogen-bond donors (Lipinski definition) is 2. The van der Waals surface area contributed by atoms with Crippen LogP contribution in [0.5, 0.6) is 5.75 Å². The van der Waals surface area contributed by atoms with Crippen molar-refractivity contribution in [1.29, 1.82) is 0 Å². The molecule has 1 aromatic rings. The lowest BCUT2D eigenvalue weighted by atomic mass is 9.53. The number of ether oxygens (including phenoxy) is 7. The molecule has 4 fully saturated rings. The van der Waals surface area contributed by atoms with Crippen molar-refractivity contribution in [3.8, 4) is 5.75 Å². The van der Waals surface area contributed by atoms with Crippen LogP contribution >= 0.6 is 0 Å². The summed E-state index contributed by atoms with van der Waals surface area (Å²) < 4.78 is 51.1. The van der Waals surface area contributed by atoms with Crippen molar-refractivity contribution in [1.82, 2.24) is 0 Å². The number of aliphatic hydroxyl groups excluding tert-OH is 1. The molecule has 2 bridgehead atoms. The largest absolute Gasteiger partial charge is 0.497 e. The Bertz CT molecular complexity index is 1440. The van der Waals surface area contributed by atoms with Gasteiger partial charge in [0.2, 0.25) is 0 Å². The standard InChI is InChI=1S/C41H70O11Si2/c1-37(2,3)54(12,13)52-33-22-30-39(6,35(43)34(49-25-45-7)29-18-19-41(33,44)38(29,4)5)31(42)23-32-40(30,50-26-47-20-21-53(9,10)11)24-48-36(51-32)27-14-16-28(46-8)17-15-27/h14-17,29-34,36,42,44H,18-26H2,1-13H3/t29-,30+,31-,32-,33+,34-,36+,39-,40-,41-/m1/s1. The molecule has 54 heavy (non-hydrogen) atoms. The minimum atomic E-state index is -2.53. The van der Waals surface area contributed by atoms with Gasteiger partial charge < -0.3 is 47.8 Å². The summed E-state index contributed by atoms with van der Waals surface area (Å²) in [4.78, 5) is 15.5. The second-order valence-corrected chi connectivity index (χ2v) is 30.2. The Kier molecular flexibility index (Phi) is 12.9. The fourth-order valence-electron chi connectivity index (χ4n) is 9.30. The maximum Gasteiger partial charge on any atom is 0.192 e. The summed E-state index contributed by atoms with van der Waals surface area (Å²) in [7, 11) is -0.765. The summed E-state index contributed by atoms with van der Waals surface area (Å²) >= 11 is 0. The quantitative estimate of drug-likeness (QED) is 0.121. The van der Waals surface area contributed by atoms with Crippen molar-refractivity contribution >= 4 is 22.2 Å². The molecule has 3 aliphatic carbocycles. The number of hydrogen-bond acceptors (Lipinski definition) is 11. The van der Waals surface area contributed by atoms with Gasteiger partial charge in [-0.05, 0) is 62.5 Å². The third-order valence-corrected chi connectivity index (χ3v) is 20.3. The molecular formula is C41H70O11Si2. The smallest absolute Gasteiger partial charge is 0.192 e. The average molecular weight is 795 g/mol. The monoisotopic (exact) mass is 794 g/mol. The first kappa shape index (κ1) is 43.9. The van der Waals surface area contributed by atoms with Gasteiger partial charge >= 0.3 is 0 Å². The van der Waals surface area contributed by atoms with Crippen LogP contribution in [-0.4, -0.2) is 109 Å². The van der Waals surface area contributed by atoms with Gasteiger partial charge in [-0.1, -0.05) is 66.4 Å². The van der Waals surface area contributed by atoms with Crippen LogP contribution in [0.4, 0.5) is 0 Å². The lowest BCUT2D eigenvalue weighted by molar-refractivity contribution is -0.361. The van der Waals surface area contributed by atoms with Gasteiger partial charge in [-0.3, -0.25) is 4.79 Å². The molecular weight excluding hydrogens is 725 g/mol. The second-order valence-electron chi connectivity index (χ2n) is 19.8. The molecule has 0 spiro atoms. The zero-order valence-corrected chi connectivity index (χ0v) is 37.3. The molecule has 1 heterocycles. The molecule has 11 nitrogen and oxygen atoms in total. The van der Waals surface area contributed by atoms with Gasteiger partial charge in [-0.25, -0.2) is 0 Å². The summed E-state index contributed by atoms with van der Waals surface area (Å²) in [5.41, 5.74) is -3.99. The van der Waals surface area contributed by atoms with Crippen molar-refractivity contribution in [2.75, 3.05) is 41.0 Å². The van der Waals surface area contributed by atoms with Gasteiger partial charge in [0.25, 0.3) is 0 Å². The molecule has 1 aromatic carbocycles. The Morgan fingerprint density at radius 2 is 1.65 bits per heavy atom. The third kappa shape index (κ3) is 7.95. The molecule has 3 saturated carbocycles. The Balaban J connectivity index is 1.67. The van der Waals surface area contributed by atoms with E-state index in [1.165, 1.54) is 7.11 Å². The van der Waals surface area contributed by atoms with E-state index >= 15 is 4.79 Å². The summed E-state index contributed by atoms with van der Waals surface area (Å²) in [5.74, 6) is -0.614. The predicted octanol–water partition coefficient (Wildman–Crippen LogP) is 7.08. The fraction of sp³-hybridized carbons (Fsp3) is 0.829. The maximum absolute atomic E-state index is 15.5. The topological polar surface area (TPSA) is 131 Å². The number of ketones is 1. The molecule has 5 rings (SSSR count). The van der Waals surface area contributed by atoms with Crippen molar-refractivity contribution in [3.05, 3.63) is 29.8 Å². The number of benzene rings is 1. The number of Topliss-reactive ketones (excluding diaryl/α,β-unsaturated/α-hetero) is 1. The Morgan fingerprint density at radius 3 is 2.24 bits per heavy atom. The zero-order chi connectivity index (χ0) is 40.1. The number of methoxy groups -OCH3 is 2. The first-order valence-corrected chi connectivity index (χ1v) is 26.5. The van der Waals surface area contributed by atoms with Crippen LogP contribution in [-0.2, 0) is 37.6 Å². The van der Waals surface area contributed by atoms with Crippen molar-refractivity contribution in [3.63, 3.8) is 0 Å². The first-order chi connectivity index (χ1) is 25.0. The molecule has 1 saturated heterocycles. The Morgan fingerprint density at radius 1 is 0.981 bits per heavy atom. The van der Waals surface area contributed by atoms with E-state index in [2.05, 4.69) is 53.5 Å². The Hall–Kier alpha value is -1.24. The van der Waals surface area contributed by atoms with E-state index in [1.807, 2.05) is 45.0 Å². The highest BCUT2D eigenvalue weighted by Crippen LogP contribution is 2.63. The molecule has 13 heteroatoms. The third-order valence-electron chi connectivity index (χ3n) is 14.2. The SMILES string of the molecule is COCO[C@H]1C(=O)[C@@]2(C)[C@H](O)C[C@H]3O[C@@H](c4ccc(OC)cc4)OC[C@@]3(OCOCC[Si](C)(C)C)[C@H]2C[C@H](O[Si](C)(C)C(C)(C)C)[C@]2(O)CC[C@H]1C2(C)C. The van der Waals surface area contributed by atoms with Crippen LogP contribution in [0.3, 0.4) is 0 Å². The van der Waals surface area contributed by atoms with Gasteiger partial charge in [-0.2, -0.15) is 0 Å². The number of carbonyl (C=O) groups excluding carboxylic acids is 1. The second kappa shape index (κ2) is 15.8. The molecule has 308 valence electrons. The molecule has 1 aliphatic heterocycles. The summed E-state index contributed by atoms with van der Waals surface area (Å²) in [6.07, 6.45) is -2.89. The van der Waals surface area contributed by atoms with Crippen molar-refractivity contribution in [2.24, 2.45) is 22.7 Å². The van der Waals surface area contributed by atoms with Crippen LogP contribution in [0.15, 0.2) is 24.3 Å². The normalized spacial score (nSPS) is 37.2. The van der Waals surface area contributed by atoms with Crippen LogP contribution < -0.4 is 4.74 Å². The van der Waals surface area contributed by atoms with E-state index in [-0.39, 0.29) is 49.8 Å². The fourth-order valence-corrected chi connectivity index (χ4v) is 11.4. The first-order valence-electron chi connectivity index (χ1n) is 19.8.